The van der Waals surface area contributed by atoms with Crippen molar-refractivity contribution in [1.29, 1.82) is 0 Å². The number of amides is 1. The first-order valence-corrected chi connectivity index (χ1v) is 6.97. The van der Waals surface area contributed by atoms with Crippen LogP contribution in [0.3, 0.4) is 0 Å². The fraction of sp³-hybridized carbons (Fsp3) is 0.533. The number of piperidine rings is 1. The van der Waals surface area contributed by atoms with Gasteiger partial charge in [-0.3, -0.25) is 4.79 Å². The third-order valence-corrected chi connectivity index (χ3v) is 3.78. The average molecular weight is 300 g/mol. The van der Waals surface area contributed by atoms with Crippen LogP contribution in [-0.4, -0.2) is 36.1 Å². The molecule has 0 bridgehead atoms. The van der Waals surface area contributed by atoms with Crippen molar-refractivity contribution in [2.75, 3.05) is 18.4 Å². The van der Waals surface area contributed by atoms with Gasteiger partial charge in [-0.25, -0.2) is 0 Å². The molecule has 6 heteroatoms. The van der Waals surface area contributed by atoms with E-state index in [1.807, 2.05) is 32.0 Å². The van der Waals surface area contributed by atoms with E-state index in [0.717, 1.165) is 21.7 Å². The Morgan fingerprint density at radius 1 is 1.24 bits per heavy atom. The largest absolute Gasteiger partial charge is 0.471 e. The zero-order valence-electron chi connectivity index (χ0n) is 12.1. The van der Waals surface area contributed by atoms with Crippen LogP contribution in [-0.2, 0) is 4.79 Å². The first-order chi connectivity index (χ1) is 9.77. The van der Waals surface area contributed by atoms with Gasteiger partial charge >= 0.3 is 12.1 Å². The lowest BCUT2D eigenvalue weighted by atomic mass is 10.0. The SMILES string of the molecule is Cc1ccc(C)c(NC2CCN(C(=O)C(F)(F)F)CC2)c1. The van der Waals surface area contributed by atoms with Gasteiger partial charge in [0.2, 0.25) is 0 Å². The highest BCUT2D eigenvalue weighted by Crippen LogP contribution is 2.24. The van der Waals surface area contributed by atoms with E-state index in [0.29, 0.717) is 12.8 Å². The van der Waals surface area contributed by atoms with Crippen molar-refractivity contribution in [1.82, 2.24) is 4.90 Å². The van der Waals surface area contributed by atoms with Crippen molar-refractivity contribution < 1.29 is 18.0 Å². The quantitative estimate of drug-likeness (QED) is 0.909. The van der Waals surface area contributed by atoms with Gasteiger partial charge < -0.3 is 10.2 Å². The van der Waals surface area contributed by atoms with Crippen molar-refractivity contribution in [3.63, 3.8) is 0 Å². The lowest BCUT2D eigenvalue weighted by Crippen LogP contribution is -2.47. The van der Waals surface area contributed by atoms with Gasteiger partial charge in [-0.1, -0.05) is 12.1 Å². The molecule has 21 heavy (non-hydrogen) atoms. The summed E-state index contributed by atoms with van der Waals surface area (Å²) in [5.41, 5.74) is 3.25. The van der Waals surface area contributed by atoms with Crippen LogP contribution >= 0.6 is 0 Å². The number of carbonyl (C=O) groups is 1. The predicted molar refractivity (Wildman–Crippen MR) is 75.2 cm³/mol. The summed E-state index contributed by atoms with van der Waals surface area (Å²) in [6.07, 6.45) is -3.72. The number of likely N-dealkylation sites (tertiary alicyclic amines) is 1. The fourth-order valence-corrected chi connectivity index (χ4v) is 2.52. The van der Waals surface area contributed by atoms with E-state index in [1.165, 1.54) is 0 Å². The van der Waals surface area contributed by atoms with Gasteiger partial charge in [0.25, 0.3) is 0 Å². The maximum atomic E-state index is 12.4. The molecule has 116 valence electrons. The minimum atomic E-state index is -4.77. The predicted octanol–water partition coefficient (Wildman–Crippen LogP) is 3.27. The first-order valence-electron chi connectivity index (χ1n) is 6.97. The lowest BCUT2D eigenvalue weighted by Gasteiger charge is -2.33. The van der Waals surface area contributed by atoms with E-state index in [2.05, 4.69) is 5.32 Å². The Morgan fingerprint density at radius 2 is 1.86 bits per heavy atom. The zero-order valence-corrected chi connectivity index (χ0v) is 12.1. The molecule has 0 unspecified atom stereocenters. The summed E-state index contributed by atoms with van der Waals surface area (Å²) in [5, 5.41) is 3.37. The third-order valence-electron chi connectivity index (χ3n) is 3.78. The second kappa shape index (κ2) is 5.95. The second-order valence-electron chi connectivity index (χ2n) is 5.53. The molecule has 0 radical (unpaired) electrons. The number of nitrogens with one attached hydrogen (secondary N) is 1. The number of hydrogen-bond acceptors (Lipinski definition) is 2. The van der Waals surface area contributed by atoms with Crippen molar-refractivity contribution in [2.24, 2.45) is 0 Å². The molecule has 1 saturated heterocycles. The van der Waals surface area contributed by atoms with Crippen molar-refractivity contribution in [3.05, 3.63) is 29.3 Å². The first kappa shape index (κ1) is 15.7. The zero-order chi connectivity index (χ0) is 15.6. The van der Waals surface area contributed by atoms with Crippen LogP contribution in [0.15, 0.2) is 18.2 Å². The monoisotopic (exact) mass is 300 g/mol. The van der Waals surface area contributed by atoms with Gasteiger partial charge in [0, 0.05) is 24.8 Å². The van der Waals surface area contributed by atoms with Gasteiger partial charge in [0.15, 0.2) is 0 Å². The summed E-state index contributed by atoms with van der Waals surface area (Å²) >= 11 is 0. The Morgan fingerprint density at radius 3 is 2.43 bits per heavy atom. The van der Waals surface area contributed by atoms with Crippen molar-refractivity contribution in [3.8, 4) is 0 Å². The molecule has 1 fully saturated rings. The molecule has 1 aromatic carbocycles. The number of nitrogens with zero attached hydrogens (tertiary/aromatic N) is 1. The van der Waals surface area contributed by atoms with Gasteiger partial charge in [-0.15, -0.1) is 0 Å². The topological polar surface area (TPSA) is 32.3 Å². The molecule has 1 aliphatic rings. The molecule has 0 saturated carbocycles. The van der Waals surface area contributed by atoms with Gasteiger partial charge in [-0.05, 0) is 43.9 Å². The lowest BCUT2D eigenvalue weighted by molar-refractivity contribution is -0.186. The third kappa shape index (κ3) is 3.89. The number of aryl methyl sites for hydroxylation is 2. The number of carbonyl (C=O) groups excluding carboxylic acids is 1. The molecule has 3 nitrogen and oxygen atoms in total. The molecule has 1 amide bonds. The van der Waals surface area contributed by atoms with Crippen molar-refractivity contribution in [2.45, 2.75) is 38.9 Å². The summed E-state index contributed by atoms with van der Waals surface area (Å²) in [4.78, 5) is 12.1. The number of alkyl halides is 3. The fourth-order valence-electron chi connectivity index (χ4n) is 2.52. The van der Waals surface area contributed by atoms with Crippen LogP contribution in [0.25, 0.3) is 0 Å². The second-order valence-corrected chi connectivity index (χ2v) is 5.53. The van der Waals surface area contributed by atoms with Gasteiger partial charge in [0.05, 0.1) is 0 Å². The normalized spacial score (nSPS) is 16.9. The summed E-state index contributed by atoms with van der Waals surface area (Å²) < 4.78 is 37.1. The molecular weight excluding hydrogens is 281 g/mol. The smallest absolute Gasteiger partial charge is 0.382 e. The molecule has 1 aliphatic heterocycles. The number of benzene rings is 1. The molecule has 0 atom stereocenters. The minimum absolute atomic E-state index is 0.0998. The Kier molecular flexibility index (Phi) is 4.44. The van der Waals surface area contributed by atoms with E-state index < -0.39 is 12.1 Å². The standard InChI is InChI=1S/C15H19F3N2O/c1-10-3-4-11(2)13(9-10)19-12-5-7-20(8-6-12)14(21)15(16,17)18/h3-4,9,12,19H,5-8H2,1-2H3. The summed E-state index contributed by atoms with van der Waals surface area (Å²) in [7, 11) is 0. The number of hydrogen-bond donors (Lipinski definition) is 1. The molecule has 0 aromatic heterocycles. The molecule has 1 aromatic rings. The van der Waals surface area contributed by atoms with Crippen LogP contribution < -0.4 is 5.32 Å². The van der Waals surface area contributed by atoms with Crippen LogP contribution in [0.2, 0.25) is 0 Å². The summed E-state index contributed by atoms with van der Waals surface area (Å²) in [6, 6.07) is 6.16. The Bertz CT molecular complexity index is 520. The Labute approximate surface area is 122 Å². The number of anilines is 1. The Hall–Kier alpha value is -1.72. The van der Waals surface area contributed by atoms with Gasteiger partial charge in [-0.2, -0.15) is 13.2 Å². The maximum absolute atomic E-state index is 12.4. The molecule has 0 aliphatic carbocycles. The summed E-state index contributed by atoms with van der Waals surface area (Å²) in [6.45, 7) is 4.26. The highest BCUT2D eigenvalue weighted by atomic mass is 19.4. The van der Waals surface area contributed by atoms with E-state index in [9.17, 15) is 18.0 Å². The highest BCUT2D eigenvalue weighted by Gasteiger charge is 2.43. The van der Waals surface area contributed by atoms with Crippen LogP contribution in [0.4, 0.5) is 18.9 Å². The summed E-state index contributed by atoms with van der Waals surface area (Å²) in [5.74, 6) is -1.73. The molecule has 0 spiro atoms. The molecular formula is C15H19F3N2O. The van der Waals surface area contributed by atoms with Crippen molar-refractivity contribution >= 4 is 11.6 Å². The van der Waals surface area contributed by atoms with Crippen LogP contribution in [0, 0.1) is 13.8 Å². The molecule has 1 N–H and O–H groups in total. The van der Waals surface area contributed by atoms with E-state index in [-0.39, 0.29) is 19.1 Å². The average Bonchev–Trinajstić information content (AvgIpc) is 2.42. The maximum Gasteiger partial charge on any atom is 0.471 e. The molecule has 1 heterocycles. The van der Waals surface area contributed by atoms with E-state index >= 15 is 0 Å². The van der Waals surface area contributed by atoms with E-state index in [4.69, 9.17) is 0 Å². The number of halogens is 3. The minimum Gasteiger partial charge on any atom is -0.382 e. The van der Waals surface area contributed by atoms with Crippen LogP contribution in [0.5, 0.6) is 0 Å². The number of rotatable bonds is 2. The van der Waals surface area contributed by atoms with E-state index in [1.54, 1.807) is 0 Å². The Balaban J connectivity index is 1.93. The van der Waals surface area contributed by atoms with Gasteiger partial charge in [0.1, 0.15) is 0 Å². The highest BCUT2D eigenvalue weighted by molar-refractivity contribution is 5.81. The molecule has 2 rings (SSSR count). The van der Waals surface area contributed by atoms with Crippen LogP contribution in [0.1, 0.15) is 24.0 Å².